The number of hydrogen-bond donors (Lipinski definition) is 3. The normalized spacial score (nSPS) is 17.4. The van der Waals surface area contributed by atoms with Crippen molar-refractivity contribution in [2.45, 2.75) is 25.8 Å². The van der Waals surface area contributed by atoms with Crippen LogP contribution in [-0.4, -0.2) is 18.4 Å². The number of rotatable bonds is 5. The highest BCUT2D eigenvalue weighted by Gasteiger charge is 2.29. The molecule has 96 valence electrons. The lowest BCUT2D eigenvalue weighted by molar-refractivity contribution is -0.119. The van der Waals surface area contributed by atoms with Gasteiger partial charge < -0.3 is 16.4 Å². The molecule has 1 aromatic rings. The fraction of sp³-hybridized carbons (Fsp3) is 0.385. The summed E-state index contributed by atoms with van der Waals surface area (Å²) < 4.78 is 0. The van der Waals surface area contributed by atoms with Crippen molar-refractivity contribution in [3.63, 3.8) is 0 Å². The Hall–Kier alpha value is -1.88. The van der Waals surface area contributed by atoms with Gasteiger partial charge in [0.25, 0.3) is 0 Å². The standard InChI is InChI=1S/C13H17N3O2/c1-2-8-3-4-10-9(7-8)12(13(18)16-10)15-6-5-11(14)17/h3-4,7,12,15H,2,5-6H2,1H3,(H2,14,17)(H,16,18). The lowest BCUT2D eigenvalue weighted by atomic mass is 10.0. The molecule has 0 saturated heterocycles. The molecule has 0 saturated carbocycles. The van der Waals surface area contributed by atoms with Crippen LogP contribution in [0.3, 0.4) is 0 Å². The molecule has 1 aromatic carbocycles. The smallest absolute Gasteiger partial charge is 0.246 e. The van der Waals surface area contributed by atoms with Gasteiger partial charge in [-0.2, -0.15) is 0 Å². The third-order valence-corrected chi connectivity index (χ3v) is 3.08. The zero-order chi connectivity index (χ0) is 13.1. The molecule has 1 atom stereocenters. The first-order chi connectivity index (χ1) is 8.61. The van der Waals surface area contributed by atoms with Crippen molar-refractivity contribution in [3.05, 3.63) is 29.3 Å². The Balaban J connectivity index is 2.13. The van der Waals surface area contributed by atoms with Crippen LogP contribution in [0.5, 0.6) is 0 Å². The third-order valence-electron chi connectivity index (χ3n) is 3.08. The van der Waals surface area contributed by atoms with E-state index >= 15 is 0 Å². The third kappa shape index (κ3) is 2.51. The number of hydrogen-bond acceptors (Lipinski definition) is 3. The van der Waals surface area contributed by atoms with Gasteiger partial charge in [-0.3, -0.25) is 9.59 Å². The maximum atomic E-state index is 11.8. The van der Waals surface area contributed by atoms with E-state index in [-0.39, 0.29) is 24.3 Å². The van der Waals surface area contributed by atoms with Gasteiger partial charge in [0.2, 0.25) is 11.8 Å². The number of nitrogens with two attached hydrogens (primary N) is 1. The summed E-state index contributed by atoms with van der Waals surface area (Å²) in [6.45, 7) is 2.48. The number of amides is 2. The molecular weight excluding hydrogens is 230 g/mol. The monoisotopic (exact) mass is 247 g/mol. The molecule has 0 aliphatic carbocycles. The summed E-state index contributed by atoms with van der Waals surface area (Å²) in [5.74, 6) is -0.453. The summed E-state index contributed by atoms with van der Waals surface area (Å²) in [6, 6.07) is 5.56. The minimum atomic E-state index is -0.383. The van der Waals surface area contributed by atoms with Crippen LogP contribution >= 0.6 is 0 Å². The van der Waals surface area contributed by atoms with Crippen molar-refractivity contribution in [1.29, 1.82) is 0 Å². The zero-order valence-electron chi connectivity index (χ0n) is 10.3. The topological polar surface area (TPSA) is 84.2 Å². The van der Waals surface area contributed by atoms with Gasteiger partial charge in [0, 0.05) is 24.2 Å². The largest absolute Gasteiger partial charge is 0.370 e. The van der Waals surface area contributed by atoms with Crippen LogP contribution in [0.4, 0.5) is 5.69 Å². The average Bonchev–Trinajstić information content (AvgIpc) is 2.64. The Morgan fingerprint density at radius 2 is 2.28 bits per heavy atom. The minimum Gasteiger partial charge on any atom is -0.370 e. The average molecular weight is 247 g/mol. The molecule has 0 spiro atoms. The molecule has 1 unspecified atom stereocenters. The summed E-state index contributed by atoms with van der Waals surface area (Å²) in [7, 11) is 0. The fourth-order valence-corrected chi connectivity index (χ4v) is 2.07. The van der Waals surface area contributed by atoms with E-state index in [1.54, 1.807) is 0 Å². The van der Waals surface area contributed by atoms with Crippen LogP contribution < -0.4 is 16.4 Å². The van der Waals surface area contributed by atoms with E-state index in [0.29, 0.717) is 6.54 Å². The van der Waals surface area contributed by atoms with Crippen LogP contribution in [0.1, 0.15) is 30.5 Å². The maximum Gasteiger partial charge on any atom is 0.246 e. The van der Waals surface area contributed by atoms with E-state index in [4.69, 9.17) is 5.73 Å². The highest BCUT2D eigenvalue weighted by molar-refractivity contribution is 6.02. The summed E-state index contributed by atoms with van der Waals surface area (Å²) in [4.78, 5) is 22.5. The van der Waals surface area contributed by atoms with Gasteiger partial charge in [0.05, 0.1) is 0 Å². The SMILES string of the molecule is CCc1ccc2c(c1)C(NCCC(N)=O)C(=O)N2. The minimum absolute atomic E-state index is 0.0808. The van der Waals surface area contributed by atoms with Crippen molar-refractivity contribution in [3.8, 4) is 0 Å². The van der Waals surface area contributed by atoms with Gasteiger partial charge in [0.1, 0.15) is 6.04 Å². The lowest BCUT2D eigenvalue weighted by Crippen LogP contribution is -2.30. The summed E-state index contributed by atoms with van der Waals surface area (Å²) >= 11 is 0. The number of carbonyl (C=O) groups excluding carboxylic acids is 2. The molecule has 1 aliphatic heterocycles. The number of primary amides is 1. The highest BCUT2D eigenvalue weighted by Crippen LogP contribution is 2.31. The molecule has 18 heavy (non-hydrogen) atoms. The number of aryl methyl sites for hydroxylation is 1. The second kappa shape index (κ2) is 5.18. The fourth-order valence-electron chi connectivity index (χ4n) is 2.07. The molecule has 0 aromatic heterocycles. The molecule has 1 aliphatic rings. The van der Waals surface area contributed by atoms with E-state index in [1.807, 2.05) is 18.2 Å². The predicted octanol–water partition coefficient (Wildman–Crippen LogP) is 0.707. The molecule has 5 nitrogen and oxygen atoms in total. The van der Waals surface area contributed by atoms with Gasteiger partial charge >= 0.3 is 0 Å². The highest BCUT2D eigenvalue weighted by atomic mass is 16.2. The second-order valence-electron chi connectivity index (χ2n) is 4.37. The molecule has 0 radical (unpaired) electrons. The molecule has 2 amide bonds. The summed E-state index contributed by atoms with van der Waals surface area (Å²) in [5, 5.41) is 5.88. The number of anilines is 1. The second-order valence-corrected chi connectivity index (χ2v) is 4.37. The number of fused-ring (bicyclic) bond motifs is 1. The number of nitrogens with one attached hydrogen (secondary N) is 2. The van der Waals surface area contributed by atoms with Crippen molar-refractivity contribution in [1.82, 2.24) is 5.32 Å². The Bertz CT molecular complexity index is 485. The van der Waals surface area contributed by atoms with E-state index in [9.17, 15) is 9.59 Å². The van der Waals surface area contributed by atoms with Crippen LogP contribution in [-0.2, 0) is 16.0 Å². The first-order valence-corrected chi connectivity index (χ1v) is 6.07. The van der Waals surface area contributed by atoms with Crippen molar-refractivity contribution in [2.75, 3.05) is 11.9 Å². The molecule has 5 heteroatoms. The van der Waals surface area contributed by atoms with Gasteiger partial charge in [-0.25, -0.2) is 0 Å². The summed E-state index contributed by atoms with van der Waals surface area (Å²) in [6.07, 6.45) is 1.15. The van der Waals surface area contributed by atoms with Crippen molar-refractivity contribution >= 4 is 17.5 Å². The van der Waals surface area contributed by atoms with Gasteiger partial charge in [-0.15, -0.1) is 0 Å². The molecular formula is C13H17N3O2. The Morgan fingerprint density at radius 1 is 1.50 bits per heavy atom. The van der Waals surface area contributed by atoms with E-state index in [1.165, 1.54) is 5.56 Å². The number of benzene rings is 1. The first-order valence-electron chi connectivity index (χ1n) is 6.07. The van der Waals surface area contributed by atoms with E-state index < -0.39 is 0 Å². The van der Waals surface area contributed by atoms with Crippen LogP contribution in [0, 0.1) is 0 Å². The Morgan fingerprint density at radius 3 is 2.94 bits per heavy atom. The van der Waals surface area contributed by atoms with Crippen LogP contribution in [0.15, 0.2) is 18.2 Å². The van der Waals surface area contributed by atoms with Gasteiger partial charge in [-0.05, 0) is 18.1 Å². The molecule has 4 N–H and O–H groups in total. The van der Waals surface area contributed by atoms with Gasteiger partial charge in [0.15, 0.2) is 0 Å². The molecule has 1 heterocycles. The zero-order valence-corrected chi connectivity index (χ0v) is 10.3. The quantitative estimate of drug-likeness (QED) is 0.716. The Labute approximate surface area is 106 Å². The van der Waals surface area contributed by atoms with Crippen molar-refractivity contribution < 1.29 is 9.59 Å². The first kappa shape index (κ1) is 12.6. The molecule has 2 rings (SSSR count). The van der Waals surface area contributed by atoms with E-state index in [2.05, 4.69) is 17.6 Å². The van der Waals surface area contributed by atoms with Gasteiger partial charge in [-0.1, -0.05) is 19.1 Å². The lowest BCUT2D eigenvalue weighted by Gasteiger charge is -2.11. The summed E-state index contributed by atoms with van der Waals surface area (Å²) in [5.41, 5.74) is 8.05. The van der Waals surface area contributed by atoms with E-state index in [0.717, 1.165) is 17.7 Å². The predicted molar refractivity (Wildman–Crippen MR) is 69.0 cm³/mol. The molecule has 0 bridgehead atoms. The van der Waals surface area contributed by atoms with Crippen LogP contribution in [0.2, 0.25) is 0 Å². The van der Waals surface area contributed by atoms with Crippen LogP contribution in [0.25, 0.3) is 0 Å². The molecule has 0 fully saturated rings. The maximum absolute atomic E-state index is 11.8. The van der Waals surface area contributed by atoms with Crippen molar-refractivity contribution in [2.24, 2.45) is 5.73 Å². The Kier molecular flexibility index (Phi) is 3.62. The number of carbonyl (C=O) groups is 2.